The maximum Gasteiger partial charge on any atom is 0.247 e. The summed E-state index contributed by atoms with van der Waals surface area (Å²) in [4.78, 5) is 27.2. The number of para-hydroxylation sites is 1. The van der Waals surface area contributed by atoms with E-state index in [1.165, 1.54) is 29.8 Å². The van der Waals surface area contributed by atoms with Crippen LogP contribution in [0.25, 0.3) is 22.2 Å². The SMILES string of the molecule is C=CC(=O)Nc1cc(Nc2ncc(P(C)C)c(-c3cn(C4CC4)c4ccccc34)n2)c(OC)cc1N1CC2CN(C)CC2C1. The van der Waals surface area contributed by atoms with Gasteiger partial charge >= 0.3 is 0 Å². The van der Waals surface area contributed by atoms with Gasteiger partial charge in [-0.1, -0.05) is 32.7 Å². The number of methoxy groups -OCH3 is 1. The fraction of sp³-hybridized carbons (Fsp3) is 0.382. The Hall–Kier alpha value is -3.94. The van der Waals surface area contributed by atoms with Crippen LogP contribution in [0.3, 0.4) is 0 Å². The molecule has 228 valence electrons. The van der Waals surface area contributed by atoms with E-state index in [0.717, 1.165) is 48.4 Å². The molecule has 2 atom stereocenters. The fourth-order valence-corrected chi connectivity index (χ4v) is 7.82. The summed E-state index contributed by atoms with van der Waals surface area (Å²) in [5, 5.41) is 8.85. The van der Waals surface area contributed by atoms with Gasteiger partial charge in [0.25, 0.3) is 0 Å². The third kappa shape index (κ3) is 5.33. The van der Waals surface area contributed by atoms with E-state index >= 15 is 0 Å². The van der Waals surface area contributed by atoms with Crippen molar-refractivity contribution >= 4 is 53.0 Å². The zero-order valence-electron chi connectivity index (χ0n) is 25.9. The second-order valence-corrected chi connectivity index (χ2v) is 14.8. The molecule has 3 fully saturated rings. The summed E-state index contributed by atoms with van der Waals surface area (Å²) in [5.41, 5.74) is 5.69. The predicted molar refractivity (Wildman–Crippen MR) is 181 cm³/mol. The Labute approximate surface area is 260 Å². The first-order chi connectivity index (χ1) is 21.3. The monoisotopic (exact) mass is 609 g/mol. The van der Waals surface area contributed by atoms with Crippen LogP contribution in [-0.2, 0) is 4.79 Å². The third-order valence-corrected chi connectivity index (χ3v) is 10.5. The molecule has 2 N–H and O–H groups in total. The molecule has 2 saturated heterocycles. The Balaban J connectivity index is 1.27. The summed E-state index contributed by atoms with van der Waals surface area (Å²) in [6.07, 6.45) is 7.96. The van der Waals surface area contributed by atoms with Crippen molar-refractivity contribution in [3.63, 3.8) is 0 Å². The number of carbonyl (C=O) groups excluding carboxylic acids is 1. The second kappa shape index (κ2) is 11.5. The first-order valence-electron chi connectivity index (χ1n) is 15.3. The van der Waals surface area contributed by atoms with Gasteiger partial charge in [0.2, 0.25) is 11.9 Å². The lowest BCUT2D eigenvalue weighted by Crippen LogP contribution is -2.27. The van der Waals surface area contributed by atoms with E-state index in [4.69, 9.17) is 14.7 Å². The summed E-state index contributed by atoms with van der Waals surface area (Å²) >= 11 is 0. The van der Waals surface area contributed by atoms with E-state index in [1.807, 2.05) is 18.3 Å². The Morgan fingerprint density at radius 2 is 1.84 bits per heavy atom. The molecule has 1 aliphatic carbocycles. The average molecular weight is 610 g/mol. The van der Waals surface area contributed by atoms with Crippen LogP contribution in [0, 0.1) is 11.8 Å². The zero-order valence-corrected chi connectivity index (χ0v) is 26.8. The number of anilines is 4. The number of carbonyl (C=O) groups is 1. The summed E-state index contributed by atoms with van der Waals surface area (Å²) < 4.78 is 8.32. The Morgan fingerprint density at radius 3 is 2.52 bits per heavy atom. The maximum absolute atomic E-state index is 12.5. The molecule has 0 radical (unpaired) electrons. The lowest BCUT2D eigenvalue weighted by molar-refractivity contribution is -0.111. The van der Waals surface area contributed by atoms with Gasteiger partial charge in [0.1, 0.15) is 5.75 Å². The van der Waals surface area contributed by atoms with Crippen LogP contribution in [0.2, 0.25) is 0 Å². The molecule has 2 aromatic heterocycles. The maximum atomic E-state index is 12.5. The highest BCUT2D eigenvalue weighted by molar-refractivity contribution is 7.64. The van der Waals surface area contributed by atoms with Gasteiger partial charge in [0.05, 0.1) is 29.9 Å². The van der Waals surface area contributed by atoms with Crippen LogP contribution >= 0.6 is 7.92 Å². The summed E-state index contributed by atoms with van der Waals surface area (Å²) in [5.74, 6) is 2.13. The predicted octanol–water partition coefficient (Wildman–Crippen LogP) is 5.67. The number of fused-ring (bicyclic) bond motifs is 2. The van der Waals surface area contributed by atoms with Gasteiger partial charge in [-0.3, -0.25) is 4.79 Å². The lowest BCUT2D eigenvalue weighted by atomic mass is 10.0. The Kier molecular flexibility index (Phi) is 7.55. The van der Waals surface area contributed by atoms with Crippen LogP contribution in [0.1, 0.15) is 18.9 Å². The van der Waals surface area contributed by atoms with Crippen LogP contribution in [0.4, 0.5) is 23.0 Å². The normalized spacial score (nSPS) is 19.9. The first-order valence-corrected chi connectivity index (χ1v) is 17.6. The van der Waals surface area contributed by atoms with Gasteiger partial charge < -0.3 is 29.7 Å². The number of hydrogen-bond donors (Lipinski definition) is 2. The molecule has 2 aromatic carbocycles. The molecule has 1 saturated carbocycles. The number of benzene rings is 2. The minimum atomic E-state index is -0.453. The quantitative estimate of drug-likeness (QED) is 0.187. The zero-order chi connectivity index (χ0) is 30.5. The van der Waals surface area contributed by atoms with E-state index in [-0.39, 0.29) is 5.91 Å². The van der Waals surface area contributed by atoms with Gasteiger partial charge in [-0.2, -0.15) is 0 Å². The van der Waals surface area contributed by atoms with E-state index in [2.05, 4.69) is 82.4 Å². The van der Waals surface area contributed by atoms with Crippen LogP contribution in [0.5, 0.6) is 5.75 Å². The van der Waals surface area contributed by atoms with Gasteiger partial charge in [-0.25, -0.2) is 9.97 Å². The van der Waals surface area contributed by atoms with Crippen molar-refractivity contribution in [1.29, 1.82) is 0 Å². The number of nitrogens with zero attached hydrogens (tertiary/aromatic N) is 5. The van der Waals surface area contributed by atoms with E-state index in [1.54, 1.807) is 7.11 Å². The van der Waals surface area contributed by atoms with Crippen molar-refractivity contribution in [2.24, 2.45) is 11.8 Å². The molecular formula is C34H40N7O2P. The third-order valence-electron chi connectivity index (χ3n) is 9.20. The minimum absolute atomic E-state index is 0.254. The standard InChI is InChI=1S/C34H40N7O2P/c1-6-32(42)36-26-13-27(30(43-3)14-29(26)40-18-21-16-39(2)17-22(21)19-40)37-34-35-15-31(44(4)5)33(38-34)25-20-41(23-11-12-23)28-10-8-7-9-24(25)28/h6-10,13-15,20-23H,1,11-12,16-19H2,2-5H3,(H,36,42)(H,35,37,38). The van der Waals surface area contributed by atoms with Gasteiger partial charge in [-0.05, 0) is 63.3 Å². The number of nitrogens with one attached hydrogen (secondary N) is 2. The molecule has 2 unspecified atom stereocenters. The van der Waals surface area contributed by atoms with Crippen molar-refractivity contribution in [3.8, 4) is 17.0 Å². The first kappa shape index (κ1) is 28.8. The molecular weight excluding hydrogens is 569 g/mol. The summed E-state index contributed by atoms with van der Waals surface area (Å²) in [6.45, 7) is 12.2. The molecule has 44 heavy (non-hydrogen) atoms. The molecule has 1 amide bonds. The van der Waals surface area contributed by atoms with Crippen molar-refractivity contribution in [2.45, 2.75) is 18.9 Å². The number of amides is 1. The Bertz CT molecular complexity index is 1730. The van der Waals surface area contributed by atoms with Crippen molar-refractivity contribution < 1.29 is 9.53 Å². The van der Waals surface area contributed by atoms with Gasteiger partial charge in [-0.15, -0.1) is 0 Å². The van der Waals surface area contributed by atoms with Crippen molar-refractivity contribution in [1.82, 2.24) is 19.4 Å². The fourth-order valence-electron chi connectivity index (χ4n) is 6.94. The summed E-state index contributed by atoms with van der Waals surface area (Å²) in [7, 11) is 3.41. The Morgan fingerprint density at radius 1 is 1.09 bits per heavy atom. The second-order valence-electron chi connectivity index (χ2n) is 12.6. The van der Waals surface area contributed by atoms with E-state index < -0.39 is 7.92 Å². The minimum Gasteiger partial charge on any atom is -0.494 e. The molecule has 0 spiro atoms. The number of likely N-dealkylation sites (tertiary alicyclic amines) is 1. The molecule has 4 aromatic rings. The molecule has 0 bridgehead atoms. The molecule has 7 rings (SSSR count). The number of rotatable bonds is 9. The highest BCUT2D eigenvalue weighted by atomic mass is 31.1. The van der Waals surface area contributed by atoms with Crippen LogP contribution in [0.15, 0.2) is 61.4 Å². The van der Waals surface area contributed by atoms with Gasteiger partial charge in [0, 0.05) is 72.5 Å². The summed E-state index contributed by atoms with van der Waals surface area (Å²) in [6, 6.07) is 13.1. The largest absolute Gasteiger partial charge is 0.494 e. The highest BCUT2D eigenvalue weighted by Gasteiger charge is 2.39. The van der Waals surface area contributed by atoms with Crippen molar-refractivity contribution in [3.05, 3.63) is 61.4 Å². The topological polar surface area (TPSA) is 87.5 Å². The molecule has 4 heterocycles. The number of aromatic nitrogens is 3. The molecule has 9 nitrogen and oxygen atoms in total. The van der Waals surface area contributed by atoms with Crippen LogP contribution < -0.4 is 25.6 Å². The van der Waals surface area contributed by atoms with Crippen LogP contribution in [-0.4, -0.2) is 79.0 Å². The smallest absolute Gasteiger partial charge is 0.247 e. The molecule has 10 heteroatoms. The number of ether oxygens (including phenoxy) is 1. The van der Waals surface area contributed by atoms with E-state index in [0.29, 0.717) is 41.0 Å². The number of hydrogen-bond acceptors (Lipinski definition) is 7. The van der Waals surface area contributed by atoms with E-state index in [9.17, 15) is 4.79 Å². The van der Waals surface area contributed by atoms with Crippen molar-refractivity contribution in [2.75, 3.05) is 69.2 Å². The van der Waals surface area contributed by atoms with Gasteiger partial charge in [0.15, 0.2) is 0 Å². The highest BCUT2D eigenvalue weighted by Crippen LogP contribution is 2.44. The molecule has 2 aliphatic heterocycles. The molecule has 3 aliphatic rings. The lowest BCUT2D eigenvalue weighted by Gasteiger charge is -2.26. The average Bonchev–Trinajstić information content (AvgIpc) is 3.54.